The summed E-state index contributed by atoms with van der Waals surface area (Å²) < 4.78 is 3.20. The molecular weight excluding hydrogens is 314 g/mol. The lowest BCUT2D eigenvalue weighted by Gasteiger charge is -2.10. The molecule has 0 aliphatic heterocycles. The van der Waals surface area contributed by atoms with Crippen molar-refractivity contribution in [1.82, 2.24) is 9.55 Å². The smallest absolute Gasteiger partial charge is 0.207 e. The number of aryl methyl sites for hydroxylation is 1. The zero-order valence-corrected chi connectivity index (χ0v) is 12.3. The van der Waals surface area contributed by atoms with Gasteiger partial charge in [-0.3, -0.25) is 0 Å². The molecule has 0 spiro atoms. The van der Waals surface area contributed by atoms with Crippen molar-refractivity contribution in [3.63, 3.8) is 0 Å². The maximum atomic E-state index is 6.18. The molecule has 0 bridgehead atoms. The van der Waals surface area contributed by atoms with E-state index in [2.05, 4.69) is 37.0 Å². The predicted octanol–water partition coefficient (Wildman–Crippen LogP) is 4.69. The quantitative estimate of drug-likeness (QED) is 0.887. The monoisotopic (exact) mass is 325 g/mol. The third kappa shape index (κ3) is 2.40. The van der Waals surface area contributed by atoms with Gasteiger partial charge in [0.05, 0.1) is 16.4 Å². The maximum Gasteiger partial charge on any atom is 0.207 e. The fraction of sp³-hybridized carbons (Fsp3) is 0.308. The zero-order chi connectivity index (χ0) is 12.7. The normalized spacial score (nSPS) is 14.8. The molecule has 0 atom stereocenters. The number of hydrogen-bond donors (Lipinski definition) is 1. The Morgan fingerprint density at radius 3 is 2.94 bits per heavy atom. The van der Waals surface area contributed by atoms with E-state index in [0.29, 0.717) is 11.1 Å². The first-order chi connectivity index (χ1) is 8.63. The van der Waals surface area contributed by atoms with Gasteiger partial charge >= 0.3 is 0 Å². The molecule has 1 aromatic heterocycles. The third-order valence-corrected chi connectivity index (χ3v) is 3.79. The number of nitrogens with one attached hydrogen (secondary N) is 1. The van der Waals surface area contributed by atoms with Crippen molar-refractivity contribution >= 4 is 39.2 Å². The number of hydrogen-bond acceptors (Lipinski definition) is 2. The fourth-order valence-electron chi connectivity index (χ4n) is 1.95. The van der Waals surface area contributed by atoms with Gasteiger partial charge in [0.15, 0.2) is 0 Å². The van der Waals surface area contributed by atoms with E-state index in [1.54, 1.807) is 0 Å². The number of benzene rings is 1. The van der Waals surface area contributed by atoms with E-state index in [9.17, 15) is 0 Å². The molecule has 0 saturated heterocycles. The van der Waals surface area contributed by atoms with Crippen LogP contribution in [0.5, 0.6) is 0 Å². The molecular formula is C13H13BrClN3. The van der Waals surface area contributed by atoms with Crippen LogP contribution in [0, 0.1) is 6.92 Å². The van der Waals surface area contributed by atoms with Crippen LogP contribution < -0.4 is 5.32 Å². The Balaban J connectivity index is 1.94. The summed E-state index contributed by atoms with van der Waals surface area (Å²) in [5.74, 6) is 0.870. The maximum absolute atomic E-state index is 6.18. The zero-order valence-electron chi connectivity index (χ0n) is 9.95. The lowest BCUT2D eigenvalue weighted by atomic mass is 10.3. The molecule has 18 heavy (non-hydrogen) atoms. The number of nitrogens with zero attached hydrogens (tertiary/aromatic N) is 2. The molecule has 3 rings (SSSR count). The molecule has 1 heterocycles. The van der Waals surface area contributed by atoms with Gasteiger partial charge in [-0.2, -0.15) is 0 Å². The van der Waals surface area contributed by atoms with E-state index in [0.717, 1.165) is 21.8 Å². The van der Waals surface area contributed by atoms with E-state index in [4.69, 9.17) is 11.6 Å². The Morgan fingerprint density at radius 2 is 2.22 bits per heavy atom. The summed E-state index contributed by atoms with van der Waals surface area (Å²) in [6.45, 7) is 2.01. The Morgan fingerprint density at radius 1 is 1.44 bits per heavy atom. The Bertz CT molecular complexity index is 590. The van der Waals surface area contributed by atoms with Crippen LogP contribution in [0.3, 0.4) is 0 Å². The molecule has 2 aromatic rings. The van der Waals surface area contributed by atoms with Gasteiger partial charge in [0, 0.05) is 16.7 Å². The third-order valence-electron chi connectivity index (χ3n) is 2.97. The van der Waals surface area contributed by atoms with Crippen molar-refractivity contribution in [3.05, 3.63) is 39.6 Å². The minimum absolute atomic E-state index is 0.597. The second kappa shape index (κ2) is 4.59. The van der Waals surface area contributed by atoms with Crippen molar-refractivity contribution in [2.75, 3.05) is 5.32 Å². The fourth-order valence-corrected chi connectivity index (χ4v) is 2.48. The first-order valence-corrected chi connectivity index (χ1v) is 7.08. The first-order valence-electron chi connectivity index (χ1n) is 5.91. The molecule has 0 unspecified atom stereocenters. The standard InChI is InChI=1S/C13H13BrClN3/c1-8-7-18(10-3-4-10)13(16-8)17-12-6-9(14)2-5-11(12)15/h2,5-7,10H,3-4H2,1H3,(H,16,17). The molecule has 3 nitrogen and oxygen atoms in total. The van der Waals surface area contributed by atoms with E-state index < -0.39 is 0 Å². The molecule has 94 valence electrons. The van der Waals surface area contributed by atoms with Crippen molar-refractivity contribution in [2.24, 2.45) is 0 Å². The highest BCUT2D eigenvalue weighted by Crippen LogP contribution is 2.38. The Labute approximate surface area is 119 Å². The van der Waals surface area contributed by atoms with Crippen LogP contribution in [0.1, 0.15) is 24.6 Å². The summed E-state index contributed by atoms with van der Waals surface area (Å²) in [5.41, 5.74) is 1.90. The Kier molecular flexibility index (Phi) is 3.08. The van der Waals surface area contributed by atoms with Crippen LogP contribution in [-0.2, 0) is 0 Å². The summed E-state index contributed by atoms with van der Waals surface area (Å²) in [7, 11) is 0. The summed E-state index contributed by atoms with van der Waals surface area (Å²) in [4.78, 5) is 4.52. The van der Waals surface area contributed by atoms with Crippen LogP contribution in [0.4, 0.5) is 11.6 Å². The van der Waals surface area contributed by atoms with E-state index in [1.807, 2.05) is 25.1 Å². The molecule has 1 aliphatic carbocycles. The molecule has 1 aromatic carbocycles. The van der Waals surface area contributed by atoms with Gasteiger partial charge < -0.3 is 9.88 Å². The van der Waals surface area contributed by atoms with Crippen LogP contribution in [-0.4, -0.2) is 9.55 Å². The molecule has 1 fully saturated rings. The summed E-state index contributed by atoms with van der Waals surface area (Å²) in [5, 5.41) is 4.01. The highest BCUT2D eigenvalue weighted by molar-refractivity contribution is 9.10. The average molecular weight is 327 g/mol. The molecule has 5 heteroatoms. The number of imidazole rings is 1. The minimum Gasteiger partial charge on any atom is -0.324 e. The number of halogens is 2. The molecule has 0 radical (unpaired) electrons. The second-order valence-electron chi connectivity index (χ2n) is 4.59. The van der Waals surface area contributed by atoms with Crippen molar-refractivity contribution in [2.45, 2.75) is 25.8 Å². The average Bonchev–Trinajstić information content (AvgIpc) is 3.09. The lowest BCUT2D eigenvalue weighted by Crippen LogP contribution is -2.01. The second-order valence-corrected chi connectivity index (χ2v) is 5.92. The molecule has 0 amide bonds. The minimum atomic E-state index is 0.597. The highest BCUT2D eigenvalue weighted by Gasteiger charge is 2.26. The van der Waals surface area contributed by atoms with E-state index in [1.165, 1.54) is 12.8 Å². The molecule has 1 aliphatic rings. The summed E-state index contributed by atoms with van der Waals surface area (Å²) in [6, 6.07) is 6.35. The van der Waals surface area contributed by atoms with Crippen molar-refractivity contribution in [3.8, 4) is 0 Å². The van der Waals surface area contributed by atoms with Crippen molar-refractivity contribution in [1.29, 1.82) is 0 Å². The lowest BCUT2D eigenvalue weighted by molar-refractivity contribution is 0.750. The van der Waals surface area contributed by atoms with E-state index in [-0.39, 0.29) is 0 Å². The summed E-state index contributed by atoms with van der Waals surface area (Å²) >= 11 is 9.63. The van der Waals surface area contributed by atoms with Crippen LogP contribution in [0.15, 0.2) is 28.9 Å². The van der Waals surface area contributed by atoms with Gasteiger partial charge in [0.2, 0.25) is 5.95 Å². The largest absolute Gasteiger partial charge is 0.324 e. The number of rotatable bonds is 3. The van der Waals surface area contributed by atoms with Gasteiger partial charge in [-0.15, -0.1) is 0 Å². The topological polar surface area (TPSA) is 29.9 Å². The summed E-state index contributed by atoms with van der Waals surface area (Å²) in [6.07, 6.45) is 4.55. The highest BCUT2D eigenvalue weighted by atomic mass is 79.9. The van der Waals surface area contributed by atoms with Gasteiger partial charge in [0.25, 0.3) is 0 Å². The molecule has 1 N–H and O–H groups in total. The Hall–Kier alpha value is -1.00. The predicted molar refractivity (Wildman–Crippen MR) is 77.7 cm³/mol. The van der Waals surface area contributed by atoms with Gasteiger partial charge in [-0.1, -0.05) is 27.5 Å². The van der Waals surface area contributed by atoms with Gasteiger partial charge in [-0.05, 0) is 38.0 Å². The van der Waals surface area contributed by atoms with E-state index >= 15 is 0 Å². The van der Waals surface area contributed by atoms with Crippen LogP contribution >= 0.6 is 27.5 Å². The van der Waals surface area contributed by atoms with Gasteiger partial charge in [-0.25, -0.2) is 4.98 Å². The van der Waals surface area contributed by atoms with Crippen LogP contribution in [0.2, 0.25) is 5.02 Å². The first kappa shape index (κ1) is 12.1. The number of aromatic nitrogens is 2. The van der Waals surface area contributed by atoms with Crippen molar-refractivity contribution < 1.29 is 0 Å². The SMILES string of the molecule is Cc1cn(C2CC2)c(Nc2cc(Br)ccc2Cl)n1. The van der Waals surface area contributed by atoms with Gasteiger partial charge in [0.1, 0.15) is 0 Å². The number of anilines is 2. The molecule has 1 saturated carbocycles. The van der Waals surface area contributed by atoms with Crippen LogP contribution in [0.25, 0.3) is 0 Å².